The highest BCUT2D eigenvalue weighted by molar-refractivity contribution is 9.11. The van der Waals surface area contributed by atoms with Crippen molar-refractivity contribution in [2.75, 3.05) is 6.54 Å². The van der Waals surface area contributed by atoms with Gasteiger partial charge in [-0.2, -0.15) is 0 Å². The van der Waals surface area contributed by atoms with E-state index in [1.165, 1.54) is 6.07 Å². The molecule has 1 rings (SSSR count). The minimum Gasteiger partial charge on any atom is -0.329 e. The predicted octanol–water partition coefficient (Wildman–Crippen LogP) is 2.18. The predicted molar refractivity (Wildman–Crippen MR) is 70.5 cm³/mol. The van der Waals surface area contributed by atoms with Crippen molar-refractivity contribution >= 4 is 48.9 Å². The van der Waals surface area contributed by atoms with Crippen molar-refractivity contribution in [1.29, 1.82) is 0 Å². The number of nitrogens with one attached hydrogen (secondary N) is 1. The fraction of sp³-hybridized carbons (Fsp3) is 0.500. The Bertz CT molecular complexity index is 465. The summed E-state index contributed by atoms with van der Waals surface area (Å²) in [5.74, 6) is 0. The molecule has 0 atom stereocenters. The van der Waals surface area contributed by atoms with Gasteiger partial charge in [0.15, 0.2) is 0 Å². The van der Waals surface area contributed by atoms with Crippen LogP contribution in [0.3, 0.4) is 0 Å². The van der Waals surface area contributed by atoms with E-state index in [0.29, 0.717) is 8.81 Å². The van der Waals surface area contributed by atoms with Crippen LogP contribution in [-0.4, -0.2) is 20.5 Å². The third-order valence-corrected chi connectivity index (χ3v) is 6.45. The third kappa shape index (κ3) is 3.41. The number of halogens is 2. The standard InChI is InChI=1S/C8H12BrClN2O2S2/c1-8(2,4-11)12-16(13,14)6-3-5(10)7(9)15-6/h3,12H,4,11H2,1-2H3. The molecule has 1 aromatic heterocycles. The molecule has 16 heavy (non-hydrogen) atoms. The second-order valence-corrected chi connectivity index (χ2v) is 8.57. The molecule has 8 heteroatoms. The van der Waals surface area contributed by atoms with E-state index in [-0.39, 0.29) is 10.8 Å². The van der Waals surface area contributed by atoms with Crippen molar-refractivity contribution < 1.29 is 8.42 Å². The molecule has 92 valence electrons. The average Bonchev–Trinajstić information content (AvgIpc) is 2.46. The van der Waals surface area contributed by atoms with Crippen LogP contribution in [0, 0.1) is 0 Å². The summed E-state index contributed by atoms with van der Waals surface area (Å²) in [6.45, 7) is 3.65. The van der Waals surface area contributed by atoms with Crippen LogP contribution >= 0.6 is 38.9 Å². The molecule has 3 N–H and O–H groups in total. The number of thiophene rings is 1. The first-order valence-corrected chi connectivity index (χ1v) is 7.84. The summed E-state index contributed by atoms with van der Waals surface area (Å²) in [5, 5.41) is 0.385. The van der Waals surface area contributed by atoms with E-state index in [9.17, 15) is 8.42 Å². The van der Waals surface area contributed by atoms with Crippen molar-refractivity contribution in [3.05, 3.63) is 14.9 Å². The lowest BCUT2D eigenvalue weighted by Crippen LogP contribution is -2.48. The van der Waals surface area contributed by atoms with Crippen LogP contribution in [-0.2, 0) is 10.0 Å². The molecule has 0 saturated carbocycles. The first-order chi connectivity index (χ1) is 7.18. The first kappa shape index (κ1) is 14.4. The van der Waals surface area contributed by atoms with E-state index in [1.54, 1.807) is 13.8 Å². The summed E-state index contributed by atoms with van der Waals surface area (Å²) in [5.41, 5.74) is 4.79. The third-order valence-electron chi connectivity index (χ3n) is 1.81. The molecule has 0 aliphatic carbocycles. The monoisotopic (exact) mass is 346 g/mol. The summed E-state index contributed by atoms with van der Waals surface area (Å²) < 4.78 is 27.2. The quantitative estimate of drug-likeness (QED) is 0.877. The lowest BCUT2D eigenvalue weighted by Gasteiger charge is -2.23. The molecule has 1 heterocycles. The van der Waals surface area contributed by atoms with Gasteiger partial charge >= 0.3 is 0 Å². The summed E-state index contributed by atoms with van der Waals surface area (Å²) in [6, 6.07) is 1.41. The highest BCUT2D eigenvalue weighted by Gasteiger charge is 2.26. The van der Waals surface area contributed by atoms with Gasteiger partial charge in [-0.05, 0) is 35.8 Å². The van der Waals surface area contributed by atoms with Gasteiger partial charge in [0.05, 0.1) is 8.81 Å². The van der Waals surface area contributed by atoms with Crippen LogP contribution in [0.25, 0.3) is 0 Å². The summed E-state index contributed by atoms with van der Waals surface area (Å²) in [6.07, 6.45) is 0. The SMILES string of the molecule is CC(C)(CN)NS(=O)(=O)c1cc(Cl)c(Br)s1. The molecule has 0 unspecified atom stereocenters. The number of hydrogen-bond acceptors (Lipinski definition) is 4. The highest BCUT2D eigenvalue weighted by atomic mass is 79.9. The van der Waals surface area contributed by atoms with Crippen LogP contribution in [0.2, 0.25) is 5.02 Å². The van der Waals surface area contributed by atoms with Crippen LogP contribution in [0.1, 0.15) is 13.8 Å². The molecule has 4 nitrogen and oxygen atoms in total. The van der Waals surface area contributed by atoms with Crippen LogP contribution in [0.5, 0.6) is 0 Å². The second kappa shape index (κ2) is 4.91. The van der Waals surface area contributed by atoms with E-state index in [0.717, 1.165) is 11.3 Å². The Morgan fingerprint density at radius 1 is 1.62 bits per heavy atom. The Hall–Kier alpha value is 0.340. The minimum atomic E-state index is -3.56. The zero-order valence-corrected chi connectivity index (χ0v) is 12.7. The van der Waals surface area contributed by atoms with Gasteiger partial charge in [-0.1, -0.05) is 11.6 Å². The second-order valence-electron chi connectivity index (χ2n) is 3.88. The summed E-state index contributed by atoms with van der Waals surface area (Å²) >= 11 is 10.0. The van der Waals surface area contributed by atoms with Crippen molar-refractivity contribution in [3.63, 3.8) is 0 Å². The van der Waals surface area contributed by atoms with Gasteiger partial charge in [0.1, 0.15) is 4.21 Å². The molecular formula is C8H12BrClN2O2S2. The van der Waals surface area contributed by atoms with Crippen LogP contribution in [0.4, 0.5) is 0 Å². The molecule has 0 amide bonds. The van der Waals surface area contributed by atoms with Gasteiger partial charge in [0.2, 0.25) is 0 Å². The average molecular weight is 348 g/mol. The number of rotatable bonds is 4. The van der Waals surface area contributed by atoms with Gasteiger partial charge in [-0.3, -0.25) is 0 Å². The van der Waals surface area contributed by atoms with Crippen molar-refractivity contribution in [3.8, 4) is 0 Å². The molecule has 0 aliphatic rings. The number of sulfonamides is 1. The Kier molecular flexibility index (Phi) is 4.42. The molecule has 0 saturated heterocycles. The van der Waals surface area contributed by atoms with E-state index in [2.05, 4.69) is 20.7 Å². The maximum absolute atomic E-state index is 11.9. The van der Waals surface area contributed by atoms with Crippen LogP contribution < -0.4 is 10.5 Å². The largest absolute Gasteiger partial charge is 0.329 e. The maximum Gasteiger partial charge on any atom is 0.250 e. The van der Waals surface area contributed by atoms with Crippen molar-refractivity contribution in [1.82, 2.24) is 4.72 Å². The summed E-state index contributed by atoms with van der Waals surface area (Å²) in [4.78, 5) is 0. The Labute approximate surface area is 112 Å². The van der Waals surface area contributed by atoms with Gasteiger partial charge in [-0.15, -0.1) is 11.3 Å². The Morgan fingerprint density at radius 2 is 2.19 bits per heavy atom. The normalized spacial score (nSPS) is 13.1. The molecule has 0 bridgehead atoms. The van der Waals surface area contributed by atoms with Crippen LogP contribution in [0.15, 0.2) is 14.1 Å². The minimum absolute atomic E-state index is 0.172. The smallest absolute Gasteiger partial charge is 0.250 e. The Morgan fingerprint density at radius 3 is 2.56 bits per heavy atom. The molecule has 0 aromatic carbocycles. The van der Waals surface area contributed by atoms with E-state index >= 15 is 0 Å². The van der Waals surface area contributed by atoms with E-state index < -0.39 is 15.6 Å². The zero-order valence-electron chi connectivity index (χ0n) is 8.75. The van der Waals surface area contributed by atoms with Gasteiger partial charge in [0.25, 0.3) is 10.0 Å². The lowest BCUT2D eigenvalue weighted by molar-refractivity contribution is 0.463. The lowest BCUT2D eigenvalue weighted by atomic mass is 10.1. The highest BCUT2D eigenvalue weighted by Crippen LogP contribution is 2.34. The van der Waals surface area contributed by atoms with Gasteiger partial charge < -0.3 is 5.73 Å². The molecule has 0 aliphatic heterocycles. The number of hydrogen-bond donors (Lipinski definition) is 2. The van der Waals surface area contributed by atoms with E-state index in [1.807, 2.05) is 0 Å². The fourth-order valence-electron chi connectivity index (χ4n) is 0.915. The van der Waals surface area contributed by atoms with Gasteiger partial charge in [-0.25, -0.2) is 13.1 Å². The summed E-state index contributed by atoms with van der Waals surface area (Å²) in [7, 11) is -3.56. The zero-order chi connectivity index (χ0) is 12.6. The first-order valence-electron chi connectivity index (χ1n) is 4.37. The van der Waals surface area contributed by atoms with Gasteiger partial charge in [0, 0.05) is 12.1 Å². The molecule has 0 radical (unpaired) electrons. The van der Waals surface area contributed by atoms with E-state index in [4.69, 9.17) is 17.3 Å². The fourth-order valence-corrected chi connectivity index (χ4v) is 4.74. The topological polar surface area (TPSA) is 72.2 Å². The molecular weight excluding hydrogens is 336 g/mol. The number of nitrogens with two attached hydrogens (primary N) is 1. The molecule has 0 fully saturated rings. The Balaban J connectivity index is 3.04. The molecule has 1 aromatic rings. The van der Waals surface area contributed by atoms with Crippen molar-refractivity contribution in [2.24, 2.45) is 5.73 Å². The maximum atomic E-state index is 11.9. The van der Waals surface area contributed by atoms with Crippen molar-refractivity contribution in [2.45, 2.75) is 23.6 Å². The molecule has 0 spiro atoms.